The predicted octanol–water partition coefficient (Wildman–Crippen LogP) is 3.12. The summed E-state index contributed by atoms with van der Waals surface area (Å²) in [5.41, 5.74) is 2.17. The Morgan fingerprint density at radius 3 is 2.64 bits per heavy atom. The van der Waals surface area contributed by atoms with Gasteiger partial charge in [-0.05, 0) is 31.3 Å². The minimum Gasteiger partial charge on any atom is -0.347 e. The average Bonchev–Trinajstić information content (AvgIpc) is 3.30. The lowest BCUT2D eigenvalue weighted by Gasteiger charge is -2.31. The molecule has 25 heavy (non-hydrogen) atoms. The number of aryl methyl sites for hydroxylation is 1. The average molecular weight is 373 g/mol. The van der Waals surface area contributed by atoms with E-state index in [1.54, 1.807) is 11.3 Å². The zero-order chi connectivity index (χ0) is 17.1. The third kappa shape index (κ3) is 3.86. The Hall–Kier alpha value is -1.90. The summed E-state index contributed by atoms with van der Waals surface area (Å²) in [5.74, 6) is 0. The van der Waals surface area contributed by atoms with Gasteiger partial charge in [-0.1, -0.05) is 46.2 Å². The molecule has 0 atom stereocenters. The maximum absolute atomic E-state index is 4.40. The molecule has 4 rings (SSSR count). The molecule has 1 aliphatic rings. The van der Waals surface area contributed by atoms with Crippen LogP contribution in [0.3, 0.4) is 0 Å². The monoisotopic (exact) mass is 372 g/mol. The van der Waals surface area contributed by atoms with E-state index in [1.807, 2.05) is 25.1 Å². The van der Waals surface area contributed by atoms with Crippen LogP contribution in [0.15, 0.2) is 30.3 Å². The summed E-state index contributed by atoms with van der Waals surface area (Å²) in [6.45, 7) is 4.91. The summed E-state index contributed by atoms with van der Waals surface area (Å²) in [5, 5.41) is 18.5. The van der Waals surface area contributed by atoms with Crippen LogP contribution in [0.25, 0.3) is 10.6 Å². The lowest BCUT2D eigenvalue weighted by atomic mass is 10.1. The molecule has 0 spiro atoms. The molecular weight excluding hydrogens is 352 g/mol. The van der Waals surface area contributed by atoms with Crippen molar-refractivity contribution in [3.05, 3.63) is 40.9 Å². The molecule has 6 nitrogen and oxygen atoms in total. The molecule has 1 N–H and O–H groups in total. The minimum atomic E-state index is 0.541. The van der Waals surface area contributed by atoms with Gasteiger partial charge in [0.2, 0.25) is 5.13 Å². The molecule has 1 aliphatic heterocycles. The number of hydrogen-bond donors (Lipinski definition) is 1. The number of nitrogens with zero attached hydrogens (tertiary/aromatic N) is 5. The second-order valence-electron chi connectivity index (χ2n) is 6.18. The number of piperidine rings is 1. The molecule has 2 aromatic heterocycles. The SMILES string of the molecule is Cc1nnsc1CNC1CCN(c2nnc(-c3ccccc3)s2)CC1. The van der Waals surface area contributed by atoms with Gasteiger partial charge in [-0.25, -0.2) is 0 Å². The van der Waals surface area contributed by atoms with E-state index in [-0.39, 0.29) is 0 Å². The topological polar surface area (TPSA) is 66.8 Å². The van der Waals surface area contributed by atoms with E-state index < -0.39 is 0 Å². The second kappa shape index (κ2) is 7.55. The molecule has 0 saturated carbocycles. The first-order valence-electron chi connectivity index (χ1n) is 8.44. The van der Waals surface area contributed by atoms with E-state index >= 15 is 0 Å². The number of hydrogen-bond acceptors (Lipinski definition) is 8. The van der Waals surface area contributed by atoms with Crippen LogP contribution in [-0.2, 0) is 6.54 Å². The van der Waals surface area contributed by atoms with E-state index in [0.717, 1.165) is 53.9 Å². The van der Waals surface area contributed by atoms with Crippen molar-refractivity contribution in [1.82, 2.24) is 25.1 Å². The lowest BCUT2D eigenvalue weighted by Crippen LogP contribution is -2.42. The number of rotatable bonds is 5. The Kier molecular flexibility index (Phi) is 5.00. The van der Waals surface area contributed by atoms with Crippen LogP contribution < -0.4 is 10.2 Å². The Morgan fingerprint density at radius 1 is 1.12 bits per heavy atom. The molecular formula is C17H20N6S2. The number of nitrogens with one attached hydrogen (secondary N) is 1. The van der Waals surface area contributed by atoms with Crippen molar-refractivity contribution in [2.75, 3.05) is 18.0 Å². The first kappa shape index (κ1) is 16.6. The van der Waals surface area contributed by atoms with Crippen molar-refractivity contribution in [2.45, 2.75) is 32.4 Å². The minimum absolute atomic E-state index is 0.541. The van der Waals surface area contributed by atoms with Crippen molar-refractivity contribution in [1.29, 1.82) is 0 Å². The summed E-state index contributed by atoms with van der Waals surface area (Å²) < 4.78 is 3.99. The lowest BCUT2D eigenvalue weighted by molar-refractivity contribution is 0.414. The zero-order valence-electron chi connectivity index (χ0n) is 14.1. The number of benzene rings is 1. The summed E-state index contributed by atoms with van der Waals surface area (Å²) >= 11 is 3.16. The predicted molar refractivity (Wildman–Crippen MR) is 102 cm³/mol. The molecule has 0 radical (unpaired) electrons. The van der Waals surface area contributed by atoms with Gasteiger partial charge >= 0.3 is 0 Å². The molecule has 0 amide bonds. The van der Waals surface area contributed by atoms with Crippen molar-refractivity contribution < 1.29 is 0 Å². The molecule has 1 fully saturated rings. The summed E-state index contributed by atoms with van der Waals surface area (Å²) in [7, 11) is 0. The summed E-state index contributed by atoms with van der Waals surface area (Å²) in [4.78, 5) is 3.58. The Morgan fingerprint density at radius 2 is 1.92 bits per heavy atom. The molecule has 1 saturated heterocycles. The maximum Gasteiger partial charge on any atom is 0.208 e. The Balaban J connectivity index is 1.31. The largest absolute Gasteiger partial charge is 0.347 e. The fourth-order valence-corrected chi connectivity index (χ4v) is 4.45. The normalized spacial score (nSPS) is 15.6. The van der Waals surface area contributed by atoms with Crippen LogP contribution in [0.5, 0.6) is 0 Å². The van der Waals surface area contributed by atoms with Gasteiger partial charge in [0, 0.05) is 31.2 Å². The van der Waals surface area contributed by atoms with E-state index in [1.165, 1.54) is 16.4 Å². The summed E-state index contributed by atoms with van der Waals surface area (Å²) in [6.07, 6.45) is 2.23. The molecule has 0 bridgehead atoms. The molecule has 130 valence electrons. The highest BCUT2D eigenvalue weighted by atomic mass is 32.1. The van der Waals surface area contributed by atoms with Crippen molar-refractivity contribution >= 4 is 28.0 Å². The molecule has 0 aliphatic carbocycles. The van der Waals surface area contributed by atoms with Crippen LogP contribution in [-0.4, -0.2) is 38.9 Å². The van der Waals surface area contributed by atoms with Crippen molar-refractivity contribution in [2.24, 2.45) is 0 Å². The third-order valence-corrected chi connectivity index (χ3v) is 6.35. The molecule has 3 heterocycles. The maximum atomic E-state index is 4.40. The number of aromatic nitrogens is 4. The van der Waals surface area contributed by atoms with Gasteiger partial charge in [0.1, 0.15) is 5.01 Å². The number of anilines is 1. The van der Waals surface area contributed by atoms with Gasteiger partial charge in [-0.15, -0.1) is 15.3 Å². The van der Waals surface area contributed by atoms with E-state index in [2.05, 4.69) is 42.1 Å². The van der Waals surface area contributed by atoms with Gasteiger partial charge in [-0.2, -0.15) is 0 Å². The molecule has 8 heteroatoms. The second-order valence-corrected chi connectivity index (χ2v) is 7.97. The van der Waals surface area contributed by atoms with Gasteiger partial charge in [0.25, 0.3) is 0 Å². The fourth-order valence-electron chi connectivity index (χ4n) is 2.97. The van der Waals surface area contributed by atoms with E-state index in [9.17, 15) is 0 Å². The first-order chi connectivity index (χ1) is 12.3. The fraction of sp³-hybridized carbons (Fsp3) is 0.412. The van der Waals surface area contributed by atoms with Crippen LogP contribution in [0.2, 0.25) is 0 Å². The zero-order valence-corrected chi connectivity index (χ0v) is 15.7. The molecule has 3 aromatic rings. The quantitative estimate of drug-likeness (QED) is 0.742. The van der Waals surface area contributed by atoms with Crippen LogP contribution >= 0.6 is 22.9 Å². The van der Waals surface area contributed by atoms with Crippen LogP contribution in [0, 0.1) is 6.92 Å². The van der Waals surface area contributed by atoms with Crippen LogP contribution in [0.4, 0.5) is 5.13 Å². The van der Waals surface area contributed by atoms with Gasteiger partial charge in [0.15, 0.2) is 0 Å². The Labute approximate surface area is 155 Å². The Bertz CT molecular complexity index is 807. The highest BCUT2D eigenvalue weighted by molar-refractivity contribution is 7.18. The smallest absolute Gasteiger partial charge is 0.208 e. The molecule has 1 aromatic carbocycles. The highest BCUT2D eigenvalue weighted by Gasteiger charge is 2.22. The molecule has 0 unspecified atom stereocenters. The van der Waals surface area contributed by atoms with Crippen molar-refractivity contribution in [3.63, 3.8) is 0 Å². The van der Waals surface area contributed by atoms with Crippen LogP contribution in [0.1, 0.15) is 23.4 Å². The summed E-state index contributed by atoms with van der Waals surface area (Å²) in [6, 6.07) is 10.8. The van der Waals surface area contributed by atoms with E-state index in [0.29, 0.717) is 6.04 Å². The van der Waals surface area contributed by atoms with Crippen molar-refractivity contribution in [3.8, 4) is 10.6 Å². The van der Waals surface area contributed by atoms with Gasteiger partial charge in [-0.3, -0.25) is 0 Å². The van der Waals surface area contributed by atoms with Gasteiger partial charge < -0.3 is 10.2 Å². The van der Waals surface area contributed by atoms with Gasteiger partial charge in [0.05, 0.1) is 10.6 Å². The van der Waals surface area contributed by atoms with E-state index in [4.69, 9.17) is 0 Å². The highest BCUT2D eigenvalue weighted by Crippen LogP contribution is 2.30. The third-order valence-electron chi connectivity index (χ3n) is 4.50. The first-order valence-corrected chi connectivity index (χ1v) is 10.0. The standard InChI is InChI=1S/C17H20N6S2/c1-12-15(25-22-19-12)11-18-14-7-9-23(10-8-14)17-21-20-16(24-17)13-5-3-2-4-6-13/h2-6,14,18H,7-11H2,1H3.